The van der Waals surface area contributed by atoms with Gasteiger partial charge in [0.2, 0.25) is 0 Å². The van der Waals surface area contributed by atoms with Gasteiger partial charge in [0.25, 0.3) is 6.01 Å². The van der Waals surface area contributed by atoms with E-state index in [0.29, 0.717) is 5.69 Å². The van der Waals surface area contributed by atoms with Crippen molar-refractivity contribution in [3.05, 3.63) is 30.5 Å². The van der Waals surface area contributed by atoms with E-state index in [1.807, 2.05) is 6.07 Å². The summed E-state index contributed by atoms with van der Waals surface area (Å²) in [6.07, 6.45) is 1.45. The van der Waals surface area contributed by atoms with E-state index < -0.39 is 0 Å². The molecule has 0 bridgehead atoms. The molecule has 13 heavy (non-hydrogen) atoms. The Morgan fingerprint density at radius 2 is 2.23 bits per heavy atom. The zero-order valence-corrected chi connectivity index (χ0v) is 6.77. The number of hydrogen-bond acceptors (Lipinski definition) is 4. The van der Waals surface area contributed by atoms with Gasteiger partial charge in [0, 0.05) is 5.56 Å². The zero-order valence-electron chi connectivity index (χ0n) is 6.77. The van der Waals surface area contributed by atoms with Crippen molar-refractivity contribution >= 4 is 6.01 Å². The molecule has 4 nitrogen and oxygen atoms in total. The number of nitrogen functional groups attached to an aromatic ring is 1. The molecule has 0 aliphatic heterocycles. The fourth-order valence-corrected chi connectivity index (χ4v) is 1.09. The lowest BCUT2D eigenvalue weighted by Crippen LogP contribution is -1.83. The van der Waals surface area contributed by atoms with E-state index in [1.54, 1.807) is 18.2 Å². The predicted molar refractivity (Wildman–Crippen MR) is 48.0 cm³/mol. The highest BCUT2D eigenvalue weighted by Gasteiger charge is 2.03. The molecule has 0 aliphatic rings. The third kappa shape index (κ3) is 1.46. The summed E-state index contributed by atoms with van der Waals surface area (Å²) in [6.45, 7) is 0. The number of hydrogen-bond donors (Lipinski definition) is 2. The molecule has 0 spiro atoms. The number of nitrogens with zero attached hydrogens (tertiary/aromatic N) is 1. The molecule has 0 aliphatic carbocycles. The van der Waals surface area contributed by atoms with Crippen molar-refractivity contribution in [2.24, 2.45) is 0 Å². The summed E-state index contributed by atoms with van der Waals surface area (Å²) in [6, 6.07) is 6.86. The normalized spacial score (nSPS) is 10.2. The lowest BCUT2D eigenvalue weighted by molar-refractivity contribution is 0.475. The molecule has 66 valence electrons. The summed E-state index contributed by atoms with van der Waals surface area (Å²) in [5, 5.41) is 9.19. The van der Waals surface area contributed by atoms with Crippen LogP contribution in [-0.4, -0.2) is 10.1 Å². The summed E-state index contributed by atoms with van der Waals surface area (Å²) >= 11 is 0. The van der Waals surface area contributed by atoms with Crippen LogP contribution < -0.4 is 5.73 Å². The highest BCUT2D eigenvalue weighted by atomic mass is 16.4. The molecule has 1 aromatic carbocycles. The van der Waals surface area contributed by atoms with E-state index in [4.69, 9.17) is 10.2 Å². The highest BCUT2D eigenvalue weighted by Crippen LogP contribution is 2.22. The molecule has 0 unspecified atom stereocenters. The Hall–Kier alpha value is -1.97. The summed E-state index contributed by atoms with van der Waals surface area (Å²) < 4.78 is 4.84. The molecule has 0 radical (unpaired) electrons. The van der Waals surface area contributed by atoms with Gasteiger partial charge in [-0.25, -0.2) is 0 Å². The molecule has 1 aromatic heterocycles. The lowest BCUT2D eigenvalue weighted by Gasteiger charge is -1.95. The van der Waals surface area contributed by atoms with Gasteiger partial charge in [-0.2, -0.15) is 4.98 Å². The standard InChI is InChI=1S/C9H8N2O2/c10-9-11-8(5-13-9)6-2-1-3-7(12)4-6/h1-5,12H,(H2,10,11). The molecule has 0 amide bonds. The highest BCUT2D eigenvalue weighted by molar-refractivity contribution is 5.60. The van der Waals surface area contributed by atoms with Crippen molar-refractivity contribution in [2.75, 3.05) is 5.73 Å². The second-order valence-corrected chi connectivity index (χ2v) is 2.62. The van der Waals surface area contributed by atoms with Crippen LogP contribution in [0.2, 0.25) is 0 Å². The smallest absolute Gasteiger partial charge is 0.292 e. The van der Waals surface area contributed by atoms with Crippen LogP contribution in [0.1, 0.15) is 0 Å². The Morgan fingerprint density at radius 3 is 2.85 bits per heavy atom. The largest absolute Gasteiger partial charge is 0.508 e. The first-order valence-corrected chi connectivity index (χ1v) is 3.76. The number of anilines is 1. The van der Waals surface area contributed by atoms with Crippen molar-refractivity contribution in [3.8, 4) is 17.0 Å². The van der Waals surface area contributed by atoms with Gasteiger partial charge in [-0.05, 0) is 12.1 Å². The van der Waals surface area contributed by atoms with Crippen LogP contribution in [0.5, 0.6) is 5.75 Å². The van der Waals surface area contributed by atoms with Gasteiger partial charge in [0.1, 0.15) is 17.7 Å². The van der Waals surface area contributed by atoms with Crippen LogP contribution in [0.15, 0.2) is 34.9 Å². The average Bonchev–Trinajstić information content (AvgIpc) is 2.52. The van der Waals surface area contributed by atoms with E-state index in [2.05, 4.69) is 4.98 Å². The summed E-state index contributed by atoms with van der Waals surface area (Å²) in [5.41, 5.74) is 6.71. The van der Waals surface area contributed by atoms with Gasteiger partial charge in [0.15, 0.2) is 0 Å². The topological polar surface area (TPSA) is 72.3 Å². The van der Waals surface area contributed by atoms with Gasteiger partial charge < -0.3 is 15.3 Å². The van der Waals surface area contributed by atoms with Crippen LogP contribution in [0.25, 0.3) is 11.3 Å². The van der Waals surface area contributed by atoms with Crippen molar-refractivity contribution < 1.29 is 9.52 Å². The number of nitrogens with two attached hydrogens (primary N) is 1. The van der Waals surface area contributed by atoms with Gasteiger partial charge in [-0.15, -0.1) is 0 Å². The molecule has 0 saturated carbocycles. The Labute approximate surface area is 74.6 Å². The monoisotopic (exact) mass is 176 g/mol. The molecular weight excluding hydrogens is 168 g/mol. The predicted octanol–water partition coefficient (Wildman–Crippen LogP) is 1.63. The Bertz CT molecular complexity index is 423. The fourth-order valence-electron chi connectivity index (χ4n) is 1.09. The summed E-state index contributed by atoms with van der Waals surface area (Å²) in [4.78, 5) is 3.92. The Balaban J connectivity index is 2.46. The van der Waals surface area contributed by atoms with Crippen molar-refractivity contribution in [3.63, 3.8) is 0 Å². The third-order valence-corrected chi connectivity index (χ3v) is 1.66. The molecule has 0 saturated heterocycles. The van der Waals surface area contributed by atoms with Crippen LogP contribution in [0, 0.1) is 0 Å². The zero-order chi connectivity index (χ0) is 9.26. The summed E-state index contributed by atoms with van der Waals surface area (Å²) in [5.74, 6) is 0.194. The van der Waals surface area contributed by atoms with Crippen LogP contribution in [-0.2, 0) is 0 Å². The Kier molecular flexibility index (Phi) is 1.66. The molecule has 0 fully saturated rings. The minimum Gasteiger partial charge on any atom is -0.508 e. The van der Waals surface area contributed by atoms with Gasteiger partial charge in [-0.1, -0.05) is 12.1 Å². The second kappa shape index (κ2) is 2.82. The number of aromatic nitrogens is 1. The van der Waals surface area contributed by atoms with E-state index in [9.17, 15) is 5.11 Å². The minimum absolute atomic E-state index is 0.123. The first kappa shape index (κ1) is 7.67. The van der Waals surface area contributed by atoms with E-state index in [-0.39, 0.29) is 11.8 Å². The van der Waals surface area contributed by atoms with Crippen molar-refractivity contribution in [1.82, 2.24) is 4.98 Å². The number of phenolic OH excluding ortho intramolecular Hbond substituents is 1. The van der Waals surface area contributed by atoms with Gasteiger partial charge in [0.05, 0.1) is 0 Å². The first-order valence-electron chi connectivity index (χ1n) is 3.76. The van der Waals surface area contributed by atoms with Crippen LogP contribution in [0.3, 0.4) is 0 Å². The Morgan fingerprint density at radius 1 is 1.38 bits per heavy atom. The number of benzene rings is 1. The van der Waals surface area contributed by atoms with Crippen LogP contribution >= 0.6 is 0 Å². The van der Waals surface area contributed by atoms with Crippen molar-refractivity contribution in [1.29, 1.82) is 0 Å². The number of aromatic hydroxyl groups is 1. The first-order chi connectivity index (χ1) is 6.25. The van der Waals surface area contributed by atoms with E-state index in [1.165, 1.54) is 6.26 Å². The number of oxazole rings is 1. The van der Waals surface area contributed by atoms with Gasteiger partial charge >= 0.3 is 0 Å². The van der Waals surface area contributed by atoms with Gasteiger partial charge in [-0.3, -0.25) is 0 Å². The van der Waals surface area contributed by atoms with Crippen molar-refractivity contribution in [2.45, 2.75) is 0 Å². The van der Waals surface area contributed by atoms with E-state index >= 15 is 0 Å². The average molecular weight is 176 g/mol. The lowest BCUT2D eigenvalue weighted by atomic mass is 10.2. The van der Waals surface area contributed by atoms with E-state index in [0.717, 1.165) is 5.56 Å². The fraction of sp³-hybridized carbons (Fsp3) is 0. The maximum atomic E-state index is 9.19. The molecule has 4 heteroatoms. The molecule has 3 N–H and O–H groups in total. The molecule has 0 atom stereocenters. The number of rotatable bonds is 1. The second-order valence-electron chi connectivity index (χ2n) is 2.62. The molecule has 2 aromatic rings. The maximum absolute atomic E-state index is 9.19. The SMILES string of the molecule is Nc1nc(-c2cccc(O)c2)co1. The quantitative estimate of drug-likeness (QED) is 0.692. The molecule has 1 heterocycles. The molecular formula is C9H8N2O2. The third-order valence-electron chi connectivity index (χ3n) is 1.66. The maximum Gasteiger partial charge on any atom is 0.292 e. The molecule has 2 rings (SSSR count). The number of phenols is 1. The van der Waals surface area contributed by atoms with Crippen LogP contribution in [0.4, 0.5) is 6.01 Å². The summed E-state index contributed by atoms with van der Waals surface area (Å²) in [7, 11) is 0. The minimum atomic E-state index is 0.123.